The second-order valence-corrected chi connectivity index (χ2v) is 5.23. The molecule has 1 aliphatic heterocycles. The van der Waals surface area contributed by atoms with Gasteiger partial charge in [0.2, 0.25) is 5.95 Å². The molecular weight excluding hydrogens is 224 g/mol. The Labute approximate surface area is 107 Å². The van der Waals surface area contributed by atoms with Gasteiger partial charge in [0.05, 0.1) is 5.52 Å². The van der Waals surface area contributed by atoms with Crippen LogP contribution in [0.1, 0.15) is 13.3 Å². The van der Waals surface area contributed by atoms with E-state index in [1.165, 1.54) is 0 Å². The largest absolute Gasteiger partial charge is 0.339 e. The van der Waals surface area contributed by atoms with Gasteiger partial charge in [-0.25, -0.2) is 9.97 Å². The number of anilines is 1. The van der Waals surface area contributed by atoms with E-state index >= 15 is 0 Å². The molecule has 1 aromatic heterocycles. The highest BCUT2D eigenvalue weighted by Crippen LogP contribution is 2.21. The summed E-state index contributed by atoms with van der Waals surface area (Å²) in [6.07, 6.45) is 2.98. The molecule has 1 aromatic carbocycles. The summed E-state index contributed by atoms with van der Waals surface area (Å²) in [6.45, 7) is 4.07. The van der Waals surface area contributed by atoms with Gasteiger partial charge >= 0.3 is 0 Å². The molecule has 3 rings (SSSR count). The number of hydrogen-bond acceptors (Lipinski definition) is 4. The molecule has 2 N–H and O–H groups in total. The van der Waals surface area contributed by atoms with E-state index in [1.807, 2.05) is 30.5 Å². The predicted octanol–water partition coefficient (Wildman–Crippen LogP) is 1.80. The normalized spacial score (nSPS) is 24.4. The molecule has 1 saturated heterocycles. The molecule has 4 heteroatoms. The lowest BCUT2D eigenvalue weighted by Gasteiger charge is -2.34. The Kier molecular flexibility index (Phi) is 2.88. The summed E-state index contributed by atoms with van der Waals surface area (Å²) in [7, 11) is 0. The van der Waals surface area contributed by atoms with E-state index in [9.17, 15) is 0 Å². The van der Waals surface area contributed by atoms with Crippen molar-refractivity contribution in [2.45, 2.75) is 19.4 Å². The van der Waals surface area contributed by atoms with Crippen LogP contribution in [0.25, 0.3) is 10.9 Å². The first-order valence-electron chi connectivity index (χ1n) is 6.44. The van der Waals surface area contributed by atoms with Crippen LogP contribution < -0.4 is 10.6 Å². The molecule has 94 valence electrons. The molecule has 18 heavy (non-hydrogen) atoms. The highest BCUT2D eigenvalue weighted by Gasteiger charge is 2.23. The van der Waals surface area contributed by atoms with Crippen molar-refractivity contribution in [3.8, 4) is 0 Å². The smallest absolute Gasteiger partial charge is 0.225 e. The van der Waals surface area contributed by atoms with E-state index < -0.39 is 0 Å². The third kappa shape index (κ3) is 2.16. The number of fused-ring (bicyclic) bond motifs is 1. The van der Waals surface area contributed by atoms with E-state index in [-0.39, 0.29) is 6.04 Å². The molecule has 0 bridgehead atoms. The van der Waals surface area contributed by atoms with Gasteiger partial charge in [-0.2, -0.15) is 0 Å². The maximum atomic E-state index is 6.07. The van der Waals surface area contributed by atoms with Gasteiger partial charge in [-0.1, -0.05) is 25.1 Å². The van der Waals surface area contributed by atoms with Crippen molar-refractivity contribution in [3.63, 3.8) is 0 Å². The number of benzene rings is 1. The molecule has 2 atom stereocenters. The van der Waals surface area contributed by atoms with Crippen LogP contribution in [0.4, 0.5) is 5.95 Å². The van der Waals surface area contributed by atoms with Crippen LogP contribution in [0, 0.1) is 5.92 Å². The van der Waals surface area contributed by atoms with E-state index in [2.05, 4.69) is 21.8 Å². The van der Waals surface area contributed by atoms with Crippen LogP contribution in [-0.4, -0.2) is 29.1 Å². The number of rotatable bonds is 1. The first kappa shape index (κ1) is 11.4. The fraction of sp³-hybridized carbons (Fsp3) is 0.429. The van der Waals surface area contributed by atoms with Crippen molar-refractivity contribution in [2.24, 2.45) is 11.7 Å². The minimum atomic E-state index is 0.226. The Bertz CT molecular complexity index is 544. The zero-order valence-electron chi connectivity index (χ0n) is 10.6. The summed E-state index contributed by atoms with van der Waals surface area (Å²) in [5.41, 5.74) is 7.06. The Morgan fingerprint density at radius 3 is 2.94 bits per heavy atom. The molecule has 0 saturated carbocycles. The molecule has 2 heterocycles. The molecule has 1 fully saturated rings. The minimum absolute atomic E-state index is 0.226. The van der Waals surface area contributed by atoms with E-state index in [1.54, 1.807) is 0 Å². The summed E-state index contributed by atoms with van der Waals surface area (Å²) in [5.74, 6) is 1.40. The first-order valence-corrected chi connectivity index (χ1v) is 6.44. The quantitative estimate of drug-likeness (QED) is 0.828. The van der Waals surface area contributed by atoms with E-state index in [0.717, 1.165) is 36.4 Å². The number of piperidine rings is 1. The van der Waals surface area contributed by atoms with Gasteiger partial charge in [-0.05, 0) is 18.4 Å². The van der Waals surface area contributed by atoms with Gasteiger partial charge in [0.25, 0.3) is 0 Å². The molecule has 0 spiro atoms. The van der Waals surface area contributed by atoms with E-state index in [0.29, 0.717) is 5.92 Å². The van der Waals surface area contributed by atoms with Crippen molar-refractivity contribution >= 4 is 16.9 Å². The molecular formula is C14H18N4. The topological polar surface area (TPSA) is 55.0 Å². The Morgan fingerprint density at radius 1 is 1.28 bits per heavy atom. The SMILES string of the molecule is CC1CC(N)CN(c2ncc3ccccc3n2)C1. The van der Waals surface area contributed by atoms with Crippen LogP contribution in [-0.2, 0) is 0 Å². The molecule has 2 aromatic rings. The van der Waals surface area contributed by atoms with Crippen molar-refractivity contribution in [1.29, 1.82) is 0 Å². The second-order valence-electron chi connectivity index (χ2n) is 5.23. The van der Waals surface area contributed by atoms with Crippen molar-refractivity contribution < 1.29 is 0 Å². The summed E-state index contributed by atoms with van der Waals surface area (Å²) < 4.78 is 0. The highest BCUT2D eigenvalue weighted by atomic mass is 15.3. The number of para-hydroxylation sites is 1. The monoisotopic (exact) mass is 242 g/mol. The maximum absolute atomic E-state index is 6.07. The second kappa shape index (κ2) is 4.53. The Balaban J connectivity index is 1.93. The zero-order valence-corrected chi connectivity index (χ0v) is 10.6. The predicted molar refractivity (Wildman–Crippen MR) is 73.5 cm³/mol. The van der Waals surface area contributed by atoms with E-state index in [4.69, 9.17) is 5.73 Å². The van der Waals surface area contributed by atoms with Crippen molar-refractivity contribution in [3.05, 3.63) is 30.5 Å². The van der Waals surface area contributed by atoms with Gasteiger partial charge < -0.3 is 10.6 Å². The minimum Gasteiger partial charge on any atom is -0.339 e. The molecule has 0 aliphatic carbocycles. The molecule has 4 nitrogen and oxygen atoms in total. The average molecular weight is 242 g/mol. The summed E-state index contributed by atoms with van der Waals surface area (Å²) in [5, 5.41) is 1.08. The van der Waals surface area contributed by atoms with Gasteiger partial charge in [0.1, 0.15) is 0 Å². The first-order chi connectivity index (χ1) is 8.72. The number of nitrogens with two attached hydrogens (primary N) is 1. The molecule has 0 radical (unpaired) electrons. The summed E-state index contributed by atoms with van der Waals surface area (Å²) >= 11 is 0. The fourth-order valence-corrected chi connectivity index (χ4v) is 2.68. The lowest BCUT2D eigenvalue weighted by molar-refractivity contribution is 0.398. The molecule has 0 amide bonds. The van der Waals surface area contributed by atoms with Gasteiger partial charge in [-0.3, -0.25) is 0 Å². The number of aromatic nitrogens is 2. The third-order valence-electron chi connectivity index (χ3n) is 3.45. The fourth-order valence-electron chi connectivity index (χ4n) is 2.68. The van der Waals surface area contributed by atoms with Gasteiger partial charge in [-0.15, -0.1) is 0 Å². The summed E-state index contributed by atoms with van der Waals surface area (Å²) in [6, 6.07) is 8.29. The Hall–Kier alpha value is -1.68. The van der Waals surface area contributed by atoms with Crippen LogP contribution in [0.2, 0.25) is 0 Å². The highest BCUT2D eigenvalue weighted by molar-refractivity contribution is 5.78. The number of nitrogens with zero attached hydrogens (tertiary/aromatic N) is 3. The molecule has 1 aliphatic rings. The number of hydrogen-bond donors (Lipinski definition) is 1. The lowest BCUT2D eigenvalue weighted by atomic mass is 9.97. The maximum Gasteiger partial charge on any atom is 0.225 e. The van der Waals surface area contributed by atoms with Gasteiger partial charge in [0.15, 0.2) is 0 Å². The van der Waals surface area contributed by atoms with Crippen LogP contribution >= 0.6 is 0 Å². The average Bonchev–Trinajstić information content (AvgIpc) is 2.37. The van der Waals surface area contributed by atoms with Crippen molar-refractivity contribution in [2.75, 3.05) is 18.0 Å². The third-order valence-corrected chi connectivity index (χ3v) is 3.45. The zero-order chi connectivity index (χ0) is 12.5. The van der Waals surface area contributed by atoms with Crippen molar-refractivity contribution in [1.82, 2.24) is 9.97 Å². The standard InChI is InChI=1S/C14H18N4/c1-10-6-12(15)9-18(8-10)14-16-7-11-4-2-3-5-13(11)17-14/h2-5,7,10,12H,6,8-9,15H2,1H3. The van der Waals surface area contributed by atoms with Gasteiger partial charge in [0, 0.05) is 30.7 Å². The Morgan fingerprint density at radius 2 is 2.11 bits per heavy atom. The molecule has 2 unspecified atom stereocenters. The van der Waals surface area contributed by atoms with Crippen LogP contribution in [0.3, 0.4) is 0 Å². The lowest BCUT2D eigenvalue weighted by Crippen LogP contribution is -2.47. The van der Waals surface area contributed by atoms with Crippen LogP contribution in [0.5, 0.6) is 0 Å². The summed E-state index contributed by atoms with van der Waals surface area (Å²) in [4.78, 5) is 11.3. The van der Waals surface area contributed by atoms with Crippen LogP contribution in [0.15, 0.2) is 30.5 Å².